The Bertz CT molecular complexity index is 2540. The number of benzene rings is 7. The third-order valence-electron chi connectivity index (χ3n) is 8.52. The van der Waals surface area contributed by atoms with Crippen molar-refractivity contribution in [3.8, 4) is 45.3 Å². The summed E-state index contributed by atoms with van der Waals surface area (Å²) in [5.41, 5.74) is 6.68. The maximum Gasteiger partial charge on any atom is 0.164 e. The van der Waals surface area contributed by atoms with Crippen molar-refractivity contribution in [2.24, 2.45) is 0 Å². The van der Waals surface area contributed by atoms with Crippen LogP contribution < -0.4 is 0 Å². The molecule has 45 heavy (non-hydrogen) atoms. The van der Waals surface area contributed by atoms with Crippen molar-refractivity contribution in [3.05, 3.63) is 152 Å². The van der Waals surface area contributed by atoms with Crippen molar-refractivity contribution in [1.82, 2.24) is 15.0 Å². The predicted octanol–water partition coefficient (Wildman–Crippen LogP) is 10.7. The molecule has 0 aliphatic heterocycles. The average molecular weight is 576 g/mol. The van der Waals surface area contributed by atoms with Gasteiger partial charge in [-0.25, -0.2) is 15.0 Å². The summed E-state index contributed by atoms with van der Waals surface area (Å²) >= 11 is 0. The van der Waals surface area contributed by atoms with Gasteiger partial charge < -0.3 is 4.42 Å². The summed E-state index contributed by atoms with van der Waals surface area (Å²) in [7, 11) is 0. The lowest BCUT2D eigenvalue weighted by atomic mass is 10.00. The molecule has 4 nitrogen and oxygen atoms in total. The molecule has 0 aliphatic carbocycles. The van der Waals surface area contributed by atoms with Gasteiger partial charge in [-0.2, -0.15) is 0 Å². The van der Waals surface area contributed by atoms with Crippen molar-refractivity contribution in [2.45, 2.75) is 0 Å². The van der Waals surface area contributed by atoms with Crippen LogP contribution in [0, 0.1) is 0 Å². The molecule has 2 heterocycles. The fourth-order valence-corrected chi connectivity index (χ4v) is 6.32. The van der Waals surface area contributed by atoms with E-state index in [4.69, 9.17) is 19.4 Å². The van der Waals surface area contributed by atoms with Crippen LogP contribution in [0.1, 0.15) is 0 Å². The third-order valence-corrected chi connectivity index (χ3v) is 8.52. The summed E-state index contributed by atoms with van der Waals surface area (Å²) in [6.07, 6.45) is 0. The van der Waals surface area contributed by atoms with Crippen LogP contribution in [0.15, 0.2) is 156 Å². The van der Waals surface area contributed by atoms with Gasteiger partial charge in [0.1, 0.15) is 11.2 Å². The second-order valence-corrected chi connectivity index (χ2v) is 11.3. The minimum absolute atomic E-state index is 0.609. The number of nitrogens with zero attached hydrogens (tertiary/aromatic N) is 3. The fraction of sp³-hybridized carbons (Fsp3) is 0. The molecule has 9 rings (SSSR count). The zero-order valence-corrected chi connectivity index (χ0v) is 24.2. The van der Waals surface area contributed by atoms with Crippen LogP contribution >= 0.6 is 0 Å². The first-order valence-electron chi connectivity index (χ1n) is 15.0. The second-order valence-electron chi connectivity index (χ2n) is 11.3. The quantitative estimate of drug-likeness (QED) is 0.196. The Labute approximate surface area is 259 Å². The molecule has 9 aromatic rings. The zero-order valence-electron chi connectivity index (χ0n) is 24.2. The molecule has 2 aromatic heterocycles. The van der Waals surface area contributed by atoms with E-state index in [0.717, 1.165) is 55.1 Å². The monoisotopic (exact) mass is 575 g/mol. The first-order chi connectivity index (χ1) is 22.3. The van der Waals surface area contributed by atoms with E-state index in [2.05, 4.69) is 103 Å². The highest BCUT2D eigenvalue weighted by atomic mass is 16.3. The van der Waals surface area contributed by atoms with Gasteiger partial charge in [0, 0.05) is 27.5 Å². The molecule has 0 radical (unpaired) electrons. The lowest BCUT2D eigenvalue weighted by Crippen LogP contribution is -2.00. The summed E-state index contributed by atoms with van der Waals surface area (Å²) < 4.78 is 6.42. The molecule has 0 unspecified atom stereocenters. The van der Waals surface area contributed by atoms with E-state index in [1.807, 2.05) is 48.5 Å². The van der Waals surface area contributed by atoms with E-state index in [9.17, 15) is 0 Å². The summed E-state index contributed by atoms with van der Waals surface area (Å²) in [6.45, 7) is 0. The summed E-state index contributed by atoms with van der Waals surface area (Å²) in [5.74, 6) is 1.87. The number of furan rings is 1. The van der Waals surface area contributed by atoms with Crippen LogP contribution in [-0.4, -0.2) is 15.0 Å². The molecule has 0 atom stereocenters. The van der Waals surface area contributed by atoms with Gasteiger partial charge in [0.15, 0.2) is 17.5 Å². The van der Waals surface area contributed by atoms with E-state index in [1.54, 1.807) is 0 Å². The lowest BCUT2D eigenvalue weighted by molar-refractivity contribution is 0.669. The molecule has 0 bridgehead atoms. The molecule has 0 fully saturated rings. The molecule has 0 aliphatic rings. The molecule has 0 saturated heterocycles. The Morgan fingerprint density at radius 2 is 1.00 bits per heavy atom. The second kappa shape index (κ2) is 10.2. The van der Waals surface area contributed by atoms with Crippen molar-refractivity contribution in [2.75, 3.05) is 0 Å². The molecule has 0 N–H and O–H groups in total. The minimum atomic E-state index is 0.609. The van der Waals surface area contributed by atoms with Gasteiger partial charge in [0.05, 0.1) is 0 Å². The van der Waals surface area contributed by atoms with Crippen molar-refractivity contribution < 1.29 is 4.42 Å². The van der Waals surface area contributed by atoms with Crippen LogP contribution in [0.5, 0.6) is 0 Å². The number of hydrogen-bond donors (Lipinski definition) is 0. The first kappa shape index (κ1) is 25.4. The maximum absolute atomic E-state index is 6.42. The highest BCUT2D eigenvalue weighted by Crippen LogP contribution is 2.38. The van der Waals surface area contributed by atoms with E-state index in [1.165, 1.54) is 16.2 Å². The Morgan fingerprint density at radius 3 is 1.84 bits per heavy atom. The maximum atomic E-state index is 6.42. The summed E-state index contributed by atoms with van der Waals surface area (Å²) in [4.78, 5) is 15.1. The van der Waals surface area contributed by atoms with Gasteiger partial charge in [0.25, 0.3) is 0 Å². The molecule has 0 saturated carbocycles. The first-order valence-corrected chi connectivity index (χ1v) is 15.0. The van der Waals surface area contributed by atoms with Gasteiger partial charge in [-0.05, 0) is 56.9 Å². The van der Waals surface area contributed by atoms with Gasteiger partial charge in [0.2, 0.25) is 0 Å². The van der Waals surface area contributed by atoms with Gasteiger partial charge >= 0.3 is 0 Å². The normalized spacial score (nSPS) is 11.6. The molecule has 0 amide bonds. The summed E-state index contributed by atoms with van der Waals surface area (Å²) in [6, 6.07) is 52.2. The van der Waals surface area contributed by atoms with E-state index < -0.39 is 0 Å². The van der Waals surface area contributed by atoms with Gasteiger partial charge in [-0.1, -0.05) is 127 Å². The van der Waals surface area contributed by atoms with Gasteiger partial charge in [-0.15, -0.1) is 0 Å². The molecule has 7 aromatic carbocycles. The van der Waals surface area contributed by atoms with Crippen LogP contribution in [-0.2, 0) is 0 Å². The largest absolute Gasteiger partial charge is 0.456 e. The number of hydrogen-bond acceptors (Lipinski definition) is 4. The molecule has 4 heteroatoms. The Balaban J connectivity index is 1.25. The van der Waals surface area contributed by atoms with E-state index >= 15 is 0 Å². The number of fused-ring (bicyclic) bond motifs is 6. The zero-order chi connectivity index (χ0) is 29.7. The number of rotatable bonds is 4. The standard InChI is InChI=1S/C41H25N3O/c1-3-10-26(11-4-1)29-20-23-34-37(25-29)45-36-17-9-16-35(38(34)36)41-43-39(28-13-5-2-6-14-28)42-40(44-41)31-21-22-33-30(24-31)19-18-27-12-7-8-15-32(27)33/h1-25H. The minimum Gasteiger partial charge on any atom is -0.456 e. The van der Waals surface area contributed by atoms with Gasteiger partial charge in [-0.3, -0.25) is 0 Å². The Hall–Kier alpha value is -6.13. The van der Waals surface area contributed by atoms with Crippen LogP contribution in [0.2, 0.25) is 0 Å². The Kier molecular flexibility index (Phi) is 5.78. The predicted molar refractivity (Wildman–Crippen MR) is 184 cm³/mol. The Morgan fingerprint density at radius 1 is 0.356 bits per heavy atom. The fourth-order valence-electron chi connectivity index (χ4n) is 6.32. The van der Waals surface area contributed by atoms with E-state index in [-0.39, 0.29) is 0 Å². The SMILES string of the molecule is c1ccc(-c2ccc3c(c2)oc2cccc(-c4nc(-c5ccccc5)nc(-c5ccc6c(ccc7ccccc76)c5)n4)c23)cc1. The van der Waals surface area contributed by atoms with Crippen molar-refractivity contribution in [1.29, 1.82) is 0 Å². The van der Waals surface area contributed by atoms with Crippen LogP contribution in [0.25, 0.3) is 88.8 Å². The number of aromatic nitrogens is 3. The molecule has 210 valence electrons. The van der Waals surface area contributed by atoms with E-state index in [0.29, 0.717) is 17.5 Å². The molecular formula is C41H25N3O. The van der Waals surface area contributed by atoms with Crippen molar-refractivity contribution >= 4 is 43.5 Å². The van der Waals surface area contributed by atoms with Crippen molar-refractivity contribution in [3.63, 3.8) is 0 Å². The third kappa shape index (κ3) is 4.35. The molecule has 0 spiro atoms. The topological polar surface area (TPSA) is 51.8 Å². The average Bonchev–Trinajstić information content (AvgIpc) is 3.50. The lowest BCUT2D eigenvalue weighted by Gasteiger charge is -2.10. The van der Waals surface area contributed by atoms with Crippen LogP contribution in [0.4, 0.5) is 0 Å². The summed E-state index contributed by atoms with van der Waals surface area (Å²) in [5, 5.41) is 6.83. The smallest absolute Gasteiger partial charge is 0.164 e. The van der Waals surface area contributed by atoms with Crippen LogP contribution in [0.3, 0.4) is 0 Å². The highest BCUT2D eigenvalue weighted by molar-refractivity contribution is 6.12. The highest BCUT2D eigenvalue weighted by Gasteiger charge is 2.18. The molecular weight excluding hydrogens is 550 g/mol.